The summed E-state index contributed by atoms with van der Waals surface area (Å²) in [6, 6.07) is 15.8. The van der Waals surface area contributed by atoms with Gasteiger partial charge in [0.15, 0.2) is 17.7 Å². The predicted octanol–water partition coefficient (Wildman–Crippen LogP) is 4.35. The molecule has 0 bridgehead atoms. The number of aromatic amines is 1. The number of ether oxygens (including phenoxy) is 1. The summed E-state index contributed by atoms with van der Waals surface area (Å²) in [6.07, 6.45) is -0.844. The Morgan fingerprint density at radius 1 is 1.27 bits per heavy atom. The number of H-pyrrole nitrogens is 1. The van der Waals surface area contributed by atoms with Crippen LogP contribution >= 0.6 is 11.6 Å². The van der Waals surface area contributed by atoms with Crippen molar-refractivity contribution in [1.82, 2.24) is 9.97 Å². The van der Waals surface area contributed by atoms with Crippen LogP contribution in [0.15, 0.2) is 48.2 Å². The number of fused-ring (bicyclic) bond motifs is 1. The second-order valence-corrected chi connectivity index (χ2v) is 5.90. The van der Waals surface area contributed by atoms with E-state index in [4.69, 9.17) is 21.6 Å². The number of para-hydroxylation sites is 2. The zero-order chi connectivity index (χ0) is 18.7. The maximum atomic E-state index is 10.5. The highest BCUT2D eigenvalue weighted by atomic mass is 35.5. The Morgan fingerprint density at radius 2 is 2.04 bits per heavy atom. The van der Waals surface area contributed by atoms with Crippen LogP contribution in [0.2, 0.25) is 5.02 Å². The molecule has 128 valence electrons. The van der Waals surface area contributed by atoms with Gasteiger partial charge < -0.3 is 14.8 Å². The van der Waals surface area contributed by atoms with E-state index in [1.54, 1.807) is 19.1 Å². The molecule has 6 nitrogen and oxygen atoms in total. The Hall–Kier alpha value is -3.48. The van der Waals surface area contributed by atoms with Crippen LogP contribution in [0.4, 0.5) is 0 Å². The monoisotopic (exact) mass is 364 g/mol. The van der Waals surface area contributed by atoms with Crippen molar-refractivity contribution in [1.29, 1.82) is 10.5 Å². The minimum atomic E-state index is -0.844. The number of imidazole rings is 1. The molecule has 2 N–H and O–H groups in total. The molecule has 1 heterocycles. The van der Waals surface area contributed by atoms with E-state index >= 15 is 0 Å². The summed E-state index contributed by atoms with van der Waals surface area (Å²) in [7, 11) is 0. The molecule has 0 aliphatic carbocycles. The lowest BCUT2D eigenvalue weighted by molar-refractivity contribution is 0.193. The molecule has 26 heavy (non-hydrogen) atoms. The molecular formula is C19H13ClN4O2. The van der Waals surface area contributed by atoms with E-state index in [1.165, 1.54) is 12.1 Å². The minimum Gasteiger partial charge on any atom is -0.507 e. The van der Waals surface area contributed by atoms with Gasteiger partial charge >= 0.3 is 0 Å². The molecule has 0 saturated carbocycles. The fraction of sp³-hybridized carbons (Fsp3) is 0.105. The Morgan fingerprint density at radius 3 is 2.69 bits per heavy atom. The highest BCUT2D eigenvalue weighted by Gasteiger charge is 2.20. The van der Waals surface area contributed by atoms with Crippen LogP contribution < -0.4 is 4.74 Å². The molecule has 2 aromatic carbocycles. The summed E-state index contributed by atoms with van der Waals surface area (Å²) in [5.74, 6) is 0.283. The Bertz CT molecular complexity index is 1060. The van der Waals surface area contributed by atoms with Crippen molar-refractivity contribution in [2.75, 3.05) is 0 Å². The van der Waals surface area contributed by atoms with Crippen molar-refractivity contribution in [2.45, 2.75) is 13.0 Å². The number of aromatic nitrogens is 2. The molecular weight excluding hydrogens is 352 g/mol. The fourth-order valence-corrected chi connectivity index (χ4v) is 2.64. The van der Waals surface area contributed by atoms with Gasteiger partial charge in [-0.1, -0.05) is 23.7 Å². The molecule has 0 saturated heterocycles. The van der Waals surface area contributed by atoms with Gasteiger partial charge in [0.1, 0.15) is 17.4 Å². The normalized spacial score (nSPS) is 12.8. The third-order valence-corrected chi connectivity index (χ3v) is 4.04. The summed E-state index contributed by atoms with van der Waals surface area (Å²) in [5, 5.41) is 29.1. The lowest BCUT2D eigenvalue weighted by atomic mass is 10.1. The van der Waals surface area contributed by atoms with Gasteiger partial charge in [0, 0.05) is 0 Å². The lowest BCUT2D eigenvalue weighted by Gasteiger charge is -2.16. The van der Waals surface area contributed by atoms with Crippen LogP contribution in [0.5, 0.6) is 5.75 Å². The first kappa shape index (κ1) is 17.3. The number of benzene rings is 2. The van der Waals surface area contributed by atoms with E-state index < -0.39 is 6.10 Å². The second-order valence-electron chi connectivity index (χ2n) is 5.49. The van der Waals surface area contributed by atoms with Gasteiger partial charge in [-0.05, 0) is 37.3 Å². The number of allylic oxidation sites excluding steroid dienone is 1. The van der Waals surface area contributed by atoms with Crippen LogP contribution in [0, 0.1) is 22.7 Å². The van der Waals surface area contributed by atoms with Gasteiger partial charge in [0.2, 0.25) is 0 Å². The smallest absolute Gasteiger partial charge is 0.154 e. The van der Waals surface area contributed by atoms with Crippen LogP contribution in [0.25, 0.3) is 16.6 Å². The number of hydrogen-bond acceptors (Lipinski definition) is 5. The number of aliphatic hydroxyl groups is 1. The first-order valence-electron chi connectivity index (χ1n) is 7.68. The van der Waals surface area contributed by atoms with E-state index in [0.717, 1.165) is 5.52 Å². The minimum absolute atomic E-state index is 0.0153. The number of aliphatic hydroxyl groups excluding tert-OH is 1. The summed E-state index contributed by atoms with van der Waals surface area (Å²) < 4.78 is 5.64. The fourth-order valence-electron chi connectivity index (χ4n) is 2.42. The quantitative estimate of drug-likeness (QED) is 0.528. The molecule has 0 amide bonds. The van der Waals surface area contributed by atoms with Gasteiger partial charge in [-0.15, -0.1) is 0 Å². The number of halogens is 1. The largest absolute Gasteiger partial charge is 0.507 e. The van der Waals surface area contributed by atoms with Gasteiger partial charge in [-0.25, -0.2) is 4.98 Å². The molecule has 0 radical (unpaired) electrons. The van der Waals surface area contributed by atoms with E-state index in [0.29, 0.717) is 16.8 Å². The summed E-state index contributed by atoms with van der Waals surface area (Å²) in [5.41, 5.74) is 1.83. The number of nitriles is 2. The molecule has 0 spiro atoms. The summed E-state index contributed by atoms with van der Waals surface area (Å²) >= 11 is 6.08. The third kappa shape index (κ3) is 3.32. The van der Waals surface area contributed by atoms with Crippen molar-refractivity contribution in [3.8, 4) is 17.9 Å². The first-order chi connectivity index (χ1) is 12.5. The number of nitrogens with zero attached hydrogens (tertiary/aromatic N) is 3. The average molecular weight is 365 g/mol. The SMILES string of the molecule is C[C@H](Oc1ccc(C#N)cc1Cl)/C(O)=C(\C#N)c1nc2ccccc2[nH]1. The first-order valence-corrected chi connectivity index (χ1v) is 8.06. The van der Waals surface area contributed by atoms with Gasteiger partial charge in [-0.2, -0.15) is 10.5 Å². The third-order valence-electron chi connectivity index (χ3n) is 3.74. The van der Waals surface area contributed by atoms with E-state index in [2.05, 4.69) is 9.97 Å². The van der Waals surface area contributed by atoms with Crippen molar-refractivity contribution in [2.24, 2.45) is 0 Å². The van der Waals surface area contributed by atoms with Crippen molar-refractivity contribution in [3.05, 3.63) is 64.6 Å². The van der Waals surface area contributed by atoms with Crippen molar-refractivity contribution >= 4 is 28.2 Å². The van der Waals surface area contributed by atoms with E-state index in [9.17, 15) is 10.4 Å². The maximum Gasteiger partial charge on any atom is 0.154 e. The average Bonchev–Trinajstić information content (AvgIpc) is 3.07. The Labute approximate surface area is 154 Å². The number of hydrogen-bond donors (Lipinski definition) is 2. The predicted molar refractivity (Wildman–Crippen MR) is 97.5 cm³/mol. The molecule has 0 fully saturated rings. The van der Waals surface area contributed by atoms with Crippen LogP contribution in [-0.4, -0.2) is 21.2 Å². The molecule has 3 rings (SSSR count). The molecule has 0 unspecified atom stereocenters. The summed E-state index contributed by atoms with van der Waals surface area (Å²) in [6.45, 7) is 1.59. The molecule has 1 atom stereocenters. The highest BCUT2D eigenvalue weighted by Crippen LogP contribution is 2.28. The molecule has 3 aromatic rings. The van der Waals surface area contributed by atoms with Gasteiger partial charge in [-0.3, -0.25) is 0 Å². The van der Waals surface area contributed by atoms with Crippen molar-refractivity contribution < 1.29 is 9.84 Å². The molecule has 7 heteroatoms. The standard InChI is InChI=1S/C19H13ClN4O2/c1-11(26-17-7-6-12(9-21)8-14(17)20)18(25)13(10-22)19-23-15-4-2-3-5-16(15)24-19/h2-8,11,25H,1H3,(H,23,24)/b18-13-/t11-/m0/s1. The maximum absolute atomic E-state index is 10.5. The van der Waals surface area contributed by atoms with E-state index in [1.807, 2.05) is 30.3 Å². The summed E-state index contributed by atoms with van der Waals surface area (Å²) in [4.78, 5) is 7.32. The Kier molecular flexibility index (Phi) is 4.79. The van der Waals surface area contributed by atoms with Gasteiger partial charge in [0.25, 0.3) is 0 Å². The zero-order valence-electron chi connectivity index (χ0n) is 13.7. The van der Waals surface area contributed by atoms with Crippen LogP contribution in [0.3, 0.4) is 0 Å². The van der Waals surface area contributed by atoms with Crippen LogP contribution in [0.1, 0.15) is 18.3 Å². The number of rotatable bonds is 4. The topological polar surface area (TPSA) is 106 Å². The van der Waals surface area contributed by atoms with Gasteiger partial charge in [0.05, 0.1) is 27.7 Å². The second kappa shape index (κ2) is 7.18. The highest BCUT2D eigenvalue weighted by molar-refractivity contribution is 6.32. The molecule has 0 aliphatic heterocycles. The Balaban J connectivity index is 1.92. The lowest BCUT2D eigenvalue weighted by Crippen LogP contribution is -2.17. The van der Waals surface area contributed by atoms with E-state index in [-0.39, 0.29) is 22.2 Å². The van der Waals surface area contributed by atoms with Crippen molar-refractivity contribution in [3.63, 3.8) is 0 Å². The zero-order valence-corrected chi connectivity index (χ0v) is 14.4. The number of nitrogens with one attached hydrogen (secondary N) is 1. The van der Waals surface area contributed by atoms with Crippen LogP contribution in [-0.2, 0) is 0 Å². The molecule has 0 aliphatic rings. The molecule has 1 aromatic heterocycles.